The number of hydrogen-bond acceptors (Lipinski definition) is 4. The summed E-state index contributed by atoms with van der Waals surface area (Å²) in [6.45, 7) is 6.71. The number of nitrogens with one attached hydrogen (secondary N) is 2. The minimum Gasteiger partial charge on any atom is -0.457 e. The van der Waals surface area contributed by atoms with Gasteiger partial charge in [-0.05, 0) is 94.3 Å². The van der Waals surface area contributed by atoms with Crippen molar-refractivity contribution >= 4 is 60.9 Å². The van der Waals surface area contributed by atoms with Crippen LogP contribution >= 0.6 is 0 Å². The van der Waals surface area contributed by atoms with Crippen LogP contribution in [0.5, 0.6) is 11.5 Å². The average Bonchev–Trinajstić information content (AvgIpc) is 3.39. The smallest absolute Gasteiger partial charge is 0.137 e. The molecule has 9 aromatic rings. The second kappa shape index (κ2) is 15.7. The summed E-state index contributed by atoms with van der Waals surface area (Å²) in [7, 11) is 0. The first-order chi connectivity index (χ1) is 29.9. The van der Waals surface area contributed by atoms with Crippen LogP contribution in [0.25, 0.3) is 55.1 Å². The van der Waals surface area contributed by atoms with E-state index in [-0.39, 0.29) is 5.41 Å². The third kappa shape index (κ3) is 7.40. The fraction of sp³-hybridized carbons (Fsp3) is 0.0714. The summed E-state index contributed by atoms with van der Waals surface area (Å²) in [5.74, 6) is 2.35. The molecule has 0 saturated carbocycles. The Morgan fingerprint density at radius 1 is 0.590 bits per heavy atom. The van der Waals surface area contributed by atoms with E-state index < -0.39 is 0 Å². The molecule has 1 aliphatic rings. The van der Waals surface area contributed by atoms with Crippen LogP contribution in [0.4, 0.5) is 22.7 Å². The molecule has 2 N–H and O–H groups in total. The first kappa shape index (κ1) is 37.4. The Morgan fingerprint density at radius 2 is 1.38 bits per heavy atom. The molecule has 0 aliphatic heterocycles. The lowest BCUT2D eigenvalue weighted by Crippen LogP contribution is -2.11. The highest BCUT2D eigenvalue weighted by Crippen LogP contribution is 2.43. The number of rotatable bonds is 9. The normalized spacial score (nSPS) is 12.5. The van der Waals surface area contributed by atoms with Gasteiger partial charge in [0.1, 0.15) is 17.3 Å². The van der Waals surface area contributed by atoms with E-state index in [0.717, 1.165) is 95.1 Å². The first-order valence-corrected chi connectivity index (χ1v) is 20.7. The summed E-state index contributed by atoms with van der Waals surface area (Å²) in [6, 6.07) is 57.3. The second-order valence-corrected chi connectivity index (χ2v) is 16.4. The zero-order valence-electron chi connectivity index (χ0n) is 34.4. The molecule has 0 unspecified atom stereocenters. The van der Waals surface area contributed by atoms with Crippen LogP contribution in [0.15, 0.2) is 206 Å². The van der Waals surface area contributed by atoms with E-state index in [4.69, 9.17) is 9.72 Å². The van der Waals surface area contributed by atoms with Crippen LogP contribution in [0.1, 0.15) is 31.9 Å². The average molecular weight is 789 g/mol. The number of para-hydroxylation sites is 2. The molecule has 7 aromatic carbocycles. The van der Waals surface area contributed by atoms with Crippen molar-refractivity contribution in [1.82, 2.24) is 9.55 Å². The lowest BCUT2D eigenvalue weighted by atomic mass is 9.86. The lowest BCUT2D eigenvalue weighted by Gasteiger charge is -2.24. The van der Waals surface area contributed by atoms with Crippen LogP contribution < -0.4 is 15.4 Å². The number of nitrogens with zero attached hydrogens (tertiary/aromatic N) is 2. The molecular weight excluding hydrogens is 745 g/mol. The predicted octanol–water partition coefficient (Wildman–Crippen LogP) is 15.2. The van der Waals surface area contributed by atoms with Crippen molar-refractivity contribution in [2.75, 3.05) is 10.6 Å². The summed E-state index contributed by atoms with van der Waals surface area (Å²) < 4.78 is 9.04. The van der Waals surface area contributed by atoms with E-state index in [0.29, 0.717) is 0 Å². The van der Waals surface area contributed by atoms with Gasteiger partial charge in [-0.3, -0.25) is 4.57 Å². The minimum atomic E-state index is -0.150. The van der Waals surface area contributed by atoms with Gasteiger partial charge < -0.3 is 15.4 Å². The zero-order chi connectivity index (χ0) is 41.3. The van der Waals surface area contributed by atoms with Gasteiger partial charge in [0.2, 0.25) is 0 Å². The van der Waals surface area contributed by atoms with Gasteiger partial charge in [-0.25, -0.2) is 4.98 Å². The van der Waals surface area contributed by atoms with Gasteiger partial charge >= 0.3 is 0 Å². The molecule has 2 aromatic heterocycles. The van der Waals surface area contributed by atoms with E-state index in [9.17, 15) is 0 Å². The maximum Gasteiger partial charge on any atom is 0.137 e. The van der Waals surface area contributed by atoms with E-state index in [1.165, 1.54) is 5.39 Å². The largest absolute Gasteiger partial charge is 0.457 e. The maximum atomic E-state index is 6.83. The van der Waals surface area contributed by atoms with Gasteiger partial charge in [0.25, 0.3) is 0 Å². The van der Waals surface area contributed by atoms with E-state index >= 15 is 0 Å². The number of pyridine rings is 1. The third-order valence-electron chi connectivity index (χ3n) is 11.3. The van der Waals surface area contributed by atoms with Gasteiger partial charge in [0.15, 0.2) is 0 Å². The molecule has 5 heteroatoms. The molecule has 5 nitrogen and oxygen atoms in total. The molecule has 0 bridgehead atoms. The van der Waals surface area contributed by atoms with Crippen LogP contribution in [-0.2, 0) is 5.41 Å². The number of allylic oxidation sites excluding steroid dienone is 5. The molecule has 1 aliphatic carbocycles. The molecule has 0 fully saturated rings. The summed E-state index contributed by atoms with van der Waals surface area (Å²) in [5, 5.41) is 12.4. The molecule has 0 amide bonds. The molecule has 0 saturated heterocycles. The Bertz CT molecular complexity index is 3230. The van der Waals surface area contributed by atoms with Crippen molar-refractivity contribution in [2.24, 2.45) is 0 Å². The summed E-state index contributed by atoms with van der Waals surface area (Å²) >= 11 is 0. The highest BCUT2D eigenvalue weighted by molar-refractivity contribution is 6.09. The Balaban J connectivity index is 1.08. The minimum absolute atomic E-state index is 0.150. The van der Waals surface area contributed by atoms with Crippen molar-refractivity contribution < 1.29 is 4.74 Å². The third-order valence-corrected chi connectivity index (χ3v) is 11.3. The number of benzene rings is 7. The molecule has 0 radical (unpaired) electrons. The monoisotopic (exact) mass is 788 g/mol. The topological polar surface area (TPSA) is 51.1 Å². The Labute approximate surface area is 356 Å². The van der Waals surface area contributed by atoms with Crippen molar-refractivity contribution in [2.45, 2.75) is 26.2 Å². The van der Waals surface area contributed by atoms with Gasteiger partial charge in [-0.1, -0.05) is 136 Å². The quantitative estimate of drug-likeness (QED) is 0.143. The number of anilines is 4. The fourth-order valence-corrected chi connectivity index (χ4v) is 8.26. The van der Waals surface area contributed by atoms with E-state index in [1.807, 2.05) is 42.6 Å². The van der Waals surface area contributed by atoms with Crippen LogP contribution in [0.2, 0.25) is 0 Å². The summed E-state index contributed by atoms with van der Waals surface area (Å²) in [4.78, 5) is 4.73. The van der Waals surface area contributed by atoms with E-state index in [1.54, 1.807) is 0 Å². The maximum absolute atomic E-state index is 6.83. The molecule has 10 rings (SSSR count). The number of hydrogen-bond donors (Lipinski definition) is 2. The first-order valence-electron chi connectivity index (χ1n) is 20.7. The number of fused-ring (bicyclic) bond motifs is 4. The standard InChI is InChI=1S/C56H44N4O/c1-56(2,3)41-34-42(36-44(35-41)61-43-30-31-49-48-24-13-14-27-51(48)60(52(49)37-43)53-28-15-16-33-57-53)58-50-32-29-40-22-11-12-23-47(40)55(50)59-54-45(38-18-7-4-5-8-19-38)25-17-26-46(54)39-20-9-6-10-21-39/h4,6-37,58-59H,1-3H3. The lowest BCUT2D eigenvalue weighted by molar-refractivity contribution is 0.479. The van der Waals surface area contributed by atoms with Crippen molar-refractivity contribution in [3.05, 3.63) is 217 Å². The van der Waals surface area contributed by atoms with Crippen molar-refractivity contribution in [3.8, 4) is 28.4 Å². The van der Waals surface area contributed by atoms with Gasteiger partial charge in [0, 0.05) is 51.3 Å². The second-order valence-electron chi connectivity index (χ2n) is 16.4. The Hall–Kier alpha value is -7.85. The summed E-state index contributed by atoms with van der Waals surface area (Å²) in [6.07, 6.45) is 12.0. The summed E-state index contributed by atoms with van der Waals surface area (Å²) in [5.41, 5.74) is 14.6. The van der Waals surface area contributed by atoms with Crippen LogP contribution in [-0.4, -0.2) is 9.55 Å². The molecule has 0 spiro atoms. The van der Waals surface area contributed by atoms with Gasteiger partial charge in [-0.2, -0.15) is 0 Å². The highest BCUT2D eigenvalue weighted by atomic mass is 16.5. The highest BCUT2D eigenvalue weighted by Gasteiger charge is 2.20. The Kier molecular flexibility index (Phi) is 9.65. The van der Waals surface area contributed by atoms with Gasteiger partial charge in [-0.15, -0.1) is 5.73 Å². The zero-order valence-corrected chi connectivity index (χ0v) is 34.4. The van der Waals surface area contributed by atoms with E-state index in [2.05, 4.69) is 199 Å². The van der Waals surface area contributed by atoms with Crippen molar-refractivity contribution in [1.29, 1.82) is 0 Å². The molecular formula is C56H44N4O. The van der Waals surface area contributed by atoms with Crippen molar-refractivity contribution in [3.63, 3.8) is 0 Å². The Morgan fingerprint density at radius 3 is 2.23 bits per heavy atom. The molecule has 294 valence electrons. The molecule has 61 heavy (non-hydrogen) atoms. The SMILES string of the molecule is CC(C)(C)c1cc(Nc2ccc3ccccc3c2Nc2c(C3=CC=C=CC=C3)cccc2-c2ccccc2)cc(Oc2ccc3c4ccccc4n(-c4ccccn4)c3c2)c1. The fourth-order valence-electron chi connectivity index (χ4n) is 8.26. The van der Waals surface area contributed by atoms with Crippen LogP contribution in [0, 0.1) is 0 Å². The molecule has 2 heterocycles. The predicted molar refractivity (Wildman–Crippen MR) is 256 cm³/mol. The number of aromatic nitrogens is 2. The molecule has 0 atom stereocenters. The van der Waals surface area contributed by atoms with Crippen LogP contribution in [0.3, 0.4) is 0 Å². The van der Waals surface area contributed by atoms with Gasteiger partial charge in [0.05, 0.1) is 28.1 Å². The number of ether oxygens (including phenoxy) is 1.